The highest BCUT2D eigenvalue weighted by molar-refractivity contribution is 7.15. The van der Waals surface area contributed by atoms with E-state index in [0.717, 1.165) is 32.5 Å². The number of nitrogens with zero attached hydrogens (tertiary/aromatic N) is 2. The quantitative estimate of drug-likeness (QED) is 0.575. The molecule has 3 heterocycles. The topological polar surface area (TPSA) is 55.3 Å². The molecule has 3 aromatic heterocycles. The maximum Gasteiger partial charge on any atom is 0.193 e. The monoisotopic (exact) mass is 312 g/mol. The summed E-state index contributed by atoms with van der Waals surface area (Å²) in [6.45, 7) is 2.00. The van der Waals surface area contributed by atoms with Crippen molar-refractivity contribution in [1.29, 1.82) is 0 Å². The molecule has 0 spiro atoms. The van der Waals surface area contributed by atoms with Gasteiger partial charge in [-0.05, 0) is 17.9 Å². The van der Waals surface area contributed by atoms with Crippen LogP contribution in [0.3, 0.4) is 0 Å². The highest BCUT2D eigenvalue weighted by Crippen LogP contribution is 2.33. The fourth-order valence-corrected chi connectivity index (χ4v) is 4.10. The third-order valence-corrected chi connectivity index (χ3v) is 5.60. The number of nitrogens with two attached hydrogens (primary N) is 1. The zero-order chi connectivity index (χ0) is 13.4. The van der Waals surface area contributed by atoms with E-state index < -0.39 is 0 Å². The van der Waals surface area contributed by atoms with E-state index in [2.05, 4.69) is 10.4 Å². The normalized spacial score (nSPS) is 13.2. The molecule has 3 N–H and O–H groups in total. The molecule has 0 fully saturated rings. The number of hydrogen-bond donors (Lipinski definition) is 2. The minimum atomic E-state index is -0.00388. The molecular weight excluding hydrogens is 300 g/mol. The standard InChI is InChI=1S/C12H13ClN4S2/c1-7-6-19-11(10(7)13)9(16-14)4-8-5-17-2-3-18-12(17)15-8/h2-3,5-6,9,16H,4,14H2,1H3. The first-order valence-electron chi connectivity index (χ1n) is 5.79. The molecular formula is C12H13ClN4S2. The van der Waals surface area contributed by atoms with E-state index >= 15 is 0 Å². The molecule has 0 aliphatic rings. The predicted molar refractivity (Wildman–Crippen MR) is 80.9 cm³/mol. The largest absolute Gasteiger partial charge is 0.297 e. The summed E-state index contributed by atoms with van der Waals surface area (Å²) in [7, 11) is 0. The van der Waals surface area contributed by atoms with Gasteiger partial charge >= 0.3 is 0 Å². The summed E-state index contributed by atoms with van der Waals surface area (Å²) >= 11 is 9.55. The molecule has 1 unspecified atom stereocenters. The van der Waals surface area contributed by atoms with Gasteiger partial charge in [-0.25, -0.2) is 4.98 Å². The zero-order valence-corrected chi connectivity index (χ0v) is 12.6. The van der Waals surface area contributed by atoms with Crippen LogP contribution in [0.1, 0.15) is 22.2 Å². The van der Waals surface area contributed by atoms with Crippen molar-refractivity contribution in [2.24, 2.45) is 5.84 Å². The fourth-order valence-electron chi connectivity index (χ4n) is 2.00. The number of nitrogens with one attached hydrogen (secondary N) is 1. The SMILES string of the molecule is Cc1csc(C(Cc2cn3ccsc3n2)NN)c1Cl. The van der Waals surface area contributed by atoms with E-state index in [9.17, 15) is 0 Å². The summed E-state index contributed by atoms with van der Waals surface area (Å²) in [5.74, 6) is 5.67. The van der Waals surface area contributed by atoms with Gasteiger partial charge < -0.3 is 0 Å². The highest BCUT2D eigenvalue weighted by Gasteiger charge is 2.18. The lowest BCUT2D eigenvalue weighted by Gasteiger charge is -2.13. The van der Waals surface area contributed by atoms with Crippen LogP contribution in [-0.2, 0) is 6.42 Å². The molecule has 1 atom stereocenters. The van der Waals surface area contributed by atoms with Crippen molar-refractivity contribution in [3.8, 4) is 0 Å². The Labute approximate surface area is 123 Å². The second kappa shape index (κ2) is 5.22. The van der Waals surface area contributed by atoms with Crippen molar-refractivity contribution in [3.05, 3.63) is 44.3 Å². The second-order valence-corrected chi connectivity index (χ2v) is 6.51. The van der Waals surface area contributed by atoms with Crippen molar-refractivity contribution in [2.45, 2.75) is 19.4 Å². The minimum Gasteiger partial charge on any atom is -0.297 e. The number of rotatable bonds is 4. The molecule has 3 rings (SSSR count). The van der Waals surface area contributed by atoms with Crippen molar-refractivity contribution in [1.82, 2.24) is 14.8 Å². The highest BCUT2D eigenvalue weighted by atomic mass is 35.5. The maximum atomic E-state index is 6.30. The van der Waals surface area contributed by atoms with Crippen LogP contribution in [0.2, 0.25) is 5.02 Å². The van der Waals surface area contributed by atoms with Crippen LogP contribution in [0.4, 0.5) is 0 Å². The Morgan fingerprint density at radius 2 is 2.37 bits per heavy atom. The minimum absolute atomic E-state index is 0.00388. The van der Waals surface area contributed by atoms with E-state index in [1.54, 1.807) is 22.7 Å². The van der Waals surface area contributed by atoms with Crippen molar-refractivity contribution < 1.29 is 0 Å². The Balaban J connectivity index is 1.87. The number of thiazole rings is 1. The molecule has 0 saturated heterocycles. The first kappa shape index (κ1) is 13.1. The van der Waals surface area contributed by atoms with Crippen molar-refractivity contribution >= 4 is 39.2 Å². The molecule has 0 aromatic carbocycles. The van der Waals surface area contributed by atoms with E-state index in [0.29, 0.717) is 0 Å². The van der Waals surface area contributed by atoms with E-state index in [-0.39, 0.29) is 6.04 Å². The number of halogens is 1. The van der Waals surface area contributed by atoms with Gasteiger partial charge in [0.15, 0.2) is 4.96 Å². The smallest absolute Gasteiger partial charge is 0.193 e. The van der Waals surface area contributed by atoms with E-state index in [1.165, 1.54) is 0 Å². The molecule has 100 valence electrons. The Bertz CT molecular complexity index is 671. The Hall–Kier alpha value is -0.920. The summed E-state index contributed by atoms with van der Waals surface area (Å²) in [5, 5.41) is 4.87. The average Bonchev–Trinajstić information content (AvgIpc) is 3.04. The van der Waals surface area contributed by atoms with Crippen LogP contribution in [0.5, 0.6) is 0 Å². The lowest BCUT2D eigenvalue weighted by atomic mass is 10.1. The number of thiophene rings is 1. The Morgan fingerprint density at radius 3 is 3.00 bits per heavy atom. The fraction of sp³-hybridized carbons (Fsp3) is 0.250. The molecule has 0 amide bonds. The predicted octanol–water partition coefficient (Wildman–Crippen LogP) is 3.17. The number of aromatic nitrogens is 2. The molecule has 19 heavy (non-hydrogen) atoms. The van der Waals surface area contributed by atoms with Crippen LogP contribution in [0.25, 0.3) is 4.96 Å². The van der Waals surface area contributed by atoms with E-state index in [1.807, 2.05) is 34.5 Å². The van der Waals surface area contributed by atoms with Crippen LogP contribution in [0.15, 0.2) is 23.2 Å². The third kappa shape index (κ3) is 2.42. The van der Waals surface area contributed by atoms with Gasteiger partial charge in [-0.3, -0.25) is 15.7 Å². The van der Waals surface area contributed by atoms with Crippen LogP contribution in [0, 0.1) is 6.92 Å². The van der Waals surface area contributed by atoms with Gasteiger partial charge in [0.1, 0.15) is 0 Å². The van der Waals surface area contributed by atoms with Crippen LogP contribution >= 0.6 is 34.3 Å². The number of imidazole rings is 1. The second-order valence-electron chi connectivity index (χ2n) is 4.35. The van der Waals surface area contributed by atoms with Gasteiger partial charge in [0.2, 0.25) is 0 Å². The lowest BCUT2D eigenvalue weighted by Crippen LogP contribution is -2.29. The number of hydrogen-bond acceptors (Lipinski definition) is 5. The summed E-state index contributed by atoms with van der Waals surface area (Å²) in [6, 6.07) is -0.00388. The number of fused-ring (bicyclic) bond motifs is 1. The molecule has 3 aromatic rings. The van der Waals surface area contributed by atoms with Crippen molar-refractivity contribution in [2.75, 3.05) is 0 Å². The Kier molecular flexibility index (Phi) is 3.60. The summed E-state index contributed by atoms with van der Waals surface area (Å²) in [6.07, 6.45) is 4.76. The van der Waals surface area contributed by atoms with Gasteiger partial charge in [-0.2, -0.15) is 0 Å². The summed E-state index contributed by atoms with van der Waals surface area (Å²) < 4.78 is 2.02. The maximum absolute atomic E-state index is 6.30. The van der Waals surface area contributed by atoms with Gasteiger partial charge in [0, 0.05) is 29.1 Å². The first-order chi connectivity index (χ1) is 9.19. The van der Waals surface area contributed by atoms with Gasteiger partial charge in [0.05, 0.1) is 16.8 Å². The lowest BCUT2D eigenvalue weighted by molar-refractivity contribution is 0.555. The summed E-state index contributed by atoms with van der Waals surface area (Å²) in [5.41, 5.74) is 4.94. The molecule has 0 bridgehead atoms. The molecule has 0 radical (unpaired) electrons. The average molecular weight is 313 g/mol. The molecule has 7 heteroatoms. The van der Waals surface area contributed by atoms with Crippen LogP contribution < -0.4 is 11.3 Å². The van der Waals surface area contributed by atoms with Gasteiger partial charge in [0.25, 0.3) is 0 Å². The first-order valence-corrected chi connectivity index (χ1v) is 7.93. The number of aryl methyl sites for hydroxylation is 1. The molecule has 4 nitrogen and oxygen atoms in total. The zero-order valence-electron chi connectivity index (χ0n) is 10.3. The molecule has 0 aliphatic heterocycles. The molecule has 0 aliphatic carbocycles. The Morgan fingerprint density at radius 1 is 1.53 bits per heavy atom. The van der Waals surface area contributed by atoms with Crippen molar-refractivity contribution in [3.63, 3.8) is 0 Å². The van der Waals surface area contributed by atoms with E-state index in [4.69, 9.17) is 17.4 Å². The molecule has 0 saturated carbocycles. The van der Waals surface area contributed by atoms with Crippen LogP contribution in [-0.4, -0.2) is 9.38 Å². The summed E-state index contributed by atoms with van der Waals surface area (Å²) in [4.78, 5) is 6.64. The number of hydrazine groups is 1. The van der Waals surface area contributed by atoms with Gasteiger partial charge in [-0.1, -0.05) is 11.6 Å². The third-order valence-electron chi connectivity index (χ3n) is 3.00. The van der Waals surface area contributed by atoms with Gasteiger partial charge in [-0.15, -0.1) is 22.7 Å².